The quantitative estimate of drug-likeness (QED) is 0.652. The van der Waals surface area contributed by atoms with Crippen molar-refractivity contribution in [1.82, 2.24) is 4.98 Å². The van der Waals surface area contributed by atoms with Crippen LogP contribution in [-0.4, -0.2) is 17.6 Å². The first kappa shape index (κ1) is 14.8. The second-order valence-electron chi connectivity index (χ2n) is 4.65. The van der Waals surface area contributed by atoms with Crippen LogP contribution in [0.1, 0.15) is 28.7 Å². The Morgan fingerprint density at radius 3 is 2.86 bits per heavy atom. The Balaban J connectivity index is 2.12. The SMILES string of the molecule is CCOC(=O)c1ccc(N)c(NCc2cccc(C)n2)c1. The van der Waals surface area contributed by atoms with E-state index in [1.54, 1.807) is 25.1 Å². The van der Waals surface area contributed by atoms with Crippen LogP contribution in [0.4, 0.5) is 11.4 Å². The van der Waals surface area contributed by atoms with E-state index < -0.39 is 0 Å². The van der Waals surface area contributed by atoms with Gasteiger partial charge in [0, 0.05) is 5.69 Å². The fraction of sp³-hybridized carbons (Fsp3) is 0.250. The number of pyridine rings is 1. The molecule has 3 N–H and O–H groups in total. The van der Waals surface area contributed by atoms with Gasteiger partial charge in [0.2, 0.25) is 0 Å². The predicted octanol–water partition coefficient (Wildman–Crippen LogP) is 2.76. The lowest BCUT2D eigenvalue weighted by Gasteiger charge is -2.11. The van der Waals surface area contributed by atoms with Crippen LogP contribution in [0.15, 0.2) is 36.4 Å². The highest BCUT2D eigenvalue weighted by Crippen LogP contribution is 2.21. The number of anilines is 2. The molecule has 0 bridgehead atoms. The number of benzene rings is 1. The molecular weight excluding hydrogens is 266 g/mol. The number of nitrogens with two attached hydrogens (primary N) is 1. The first-order valence-electron chi connectivity index (χ1n) is 6.83. The standard InChI is InChI=1S/C16H19N3O2/c1-3-21-16(20)12-7-8-14(17)15(9-12)18-10-13-6-4-5-11(2)19-13/h4-9,18H,3,10,17H2,1-2H3. The summed E-state index contributed by atoms with van der Waals surface area (Å²) in [5.74, 6) is -0.353. The molecule has 2 aromatic rings. The third-order valence-electron chi connectivity index (χ3n) is 2.97. The molecule has 0 aliphatic heterocycles. The monoisotopic (exact) mass is 285 g/mol. The fourth-order valence-electron chi connectivity index (χ4n) is 1.93. The molecule has 1 heterocycles. The van der Waals surface area contributed by atoms with Gasteiger partial charge in [-0.25, -0.2) is 4.79 Å². The summed E-state index contributed by atoms with van der Waals surface area (Å²) in [6, 6.07) is 10.9. The topological polar surface area (TPSA) is 77.2 Å². The van der Waals surface area contributed by atoms with Gasteiger partial charge in [0.15, 0.2) is 0 Å². The second-order valence-corrected chi connectivity index (χ2v) is 4.65. The van der Waals surface area contributed by atoms with Gasteiger partial charge in [0.1, 0.15) is 0 Å². The van der Waals surface area contributed by atoms with Crippen molar-refractivity contribution in [1.29, 1.82) is 0 Å². The summed E-state index contributed by atoms with van der Waals surface area (Å²) in [5.41, 5.74) is 9.55. The minimum Gasteiger partial charge on any atom is -0.462 e. The number of hydrogen-bond donors (Lipinski definition) is 2. The van der Waals surface area contributed by atoms with Gasteiger partial charge in [-0.1, -0.05) is 6.07 Å². The number of carbonyl (C=O) groups excluding carboxylic acids is 1. The van der Waals surface area contributed by atoms with Crippen LogP contribution in [0.2, 0.25) is 0 Å². The summed E-state index contributed by atoms with van der Waals surface area (Å²) in [5, 5.41) is 3.20. The molecule has 0 aliphatic carbocycles. The summed E-state index contributed by atoms with van der Waals surface area (Å²) in [7, 11) is 0. The van der Waals surface area contributed by atoms with Gasteiger partial charge in [-0.15, -0.1) is 0 Å². The summed E-state index contributed by atoms with van der Waals surface area (Å²) >= 11 is 0. The molecule has 1 aromatic heterocycles. The van der Waals surface area contributed by atoms with E-state index in [9.17, 15) is 4.79 Å². The molecule has 0 atom stereocenters. The average molecular weight is 285 g/mol. The number of aryl methyl sites for hydroxylation is 1. The highest BCUT2D eigenvalue weighted by molar-refractivity contribution is 5.92. The maximum absolute atomic E-state index is 11.7. The van der Waals surface area contributed by atoms with Gasteiger partial charge >= 0.3 is 5.97 Å². The lowest BCUT2D eigenvalue weighted by Crippen LogP contribution is -2.08. The van der Waals surface area contributed by atoms with Crippen LogP contribution >= 0.6 is 0 Å². The number of nitrogen functional groups attached to an aromatic ring is 1. The van der Waals surface area contributed by atoms with E-state index in [1.807, 2.05) is 25.1 Å². The van der Waals surface area contributed by atoms with Crippen molar-refractivity contribution < 1.29 is 9.53 Å². The van der Waals surface area contributed by atoms with Crippen molar-refractivity contribution in [2.24, 2.45) is 0 Å². The summed E-state index contributed by atoms with van der Waals surface area (Å²) < 4.78 is 4.98. The average Bonchev–Trinajstić information content (AvgIpc) is 2.46. The number of rotatable bonds is 5. The van der Waals surface area contributed by atoms with Crippen LogP contribution in [0.5, 0.6) is 0 Å². The molecule has 0 saturated heterocycles. The predicted molar refractivity (Wildman–Crippen MR) is 83.1 cm³/mol. The molecule has 110 valence electrons. The molecule has 0 radical (unpaired) electrons. The largest absolute Gasteiger partial charge is 0.462 e. The Bertz CT molecular complexity index is 641. The number of nitrogens with one attached hydrogen (secondary N) is 1. The van der Waals surface area contributed by atoms with Crippen LogP contribution in [0.25, 0.3) is 0 Å². The molecule has 0 saturated carbocycles. The van der Waals surface area contributed by atoms with Crippen molar-refractivity contribution >= 4 is 17.3 Å². The molecule has 1 aromatic carbocycles. The van der Waals surface area contributed by atoms with Crippen LogP contribution < -0.4 is 11.1 Å². The molecule has 0 amide bonds. The van der Waals surface area contributed by atoms with E-state index in [1.165, 1.54) is 0 Å². The first-order valence-corrected chi connectivity index (χ1v) is 6.83. The van der Waals surface area contributed by atoms with Gasteiger partial charge in [-0.3, -0.25) is 4.98 Å². The zero-order chi connectivity index (χ0) is 15.2. The lowest BCUT2D eigenvalue weighted by molar-refractivity contribution is 0.0526. The zero-order valence-electron chi connectivity index (χ0n) is 12.2. The van der Waals surface area contributed by atoms with E-state index >= 15 is 0 Å². The molecule has 5 nitrogen and oxygen atoms in total. The number of carbonyl (C=O) groups is 1. The zero-order valence-corrected chi connectivity index (χ0v) is 12.2. The maximum Gasteiger partial charge on any atom is 0.338 e. The lowest BCUT2D eigenvalue weighted by atomic mass is 10.1. The van der Waals surface area contributed by atoms with E-state index in [4.69, 9.17) is 10.5 Å². The summed E-state index contributed by atoms with van der Waals surface area (Å²) in [6.45, 7) is 4.61. The van der Waals surface area contributed by atoms with Gasteiger partial charge in [0.05, 0.1) is 35.8 Å². The Labute approximate surface area is 124 Å². The summed E-state index contributed by atoms with van der Waals surface area (Å²) in [6.07, 6.45) is 0. The van der Waals surface area contributed by atoms with Gasteiger partial charge in [-0.05, 0) is 44.2 Å². The van der Waals surface area contributed by atoms with Gasteiger partial charge in [0.25, 0.3) is 0 Å². The number of nitrogens with zero attached hydrogens (tertiary/aromatic N) is 1. The Hall–Kier alpha value is -2.56. The number of hydrogen-bond acceptors (Lipinski definition) is 5. The summed E-state index contributed by atoms with van der Waals surface area (Å²) in [4.78, 5) is 16.1. The Morgan fingerprint density at radius 1 is 1.33 bits per heavy atom. The number of aromatic nitrogens is 1. The van der Waals surface area contributed by atoms with Crippen molar-refractivity contribution in [2.75, 3.05) is 17.7 Å². The van der Waals surface area contributed by atoms with Crippen molar-refractivity contribution in [3.8, 4) is 0 Å². The molecule has 2 rings (SSSR count). The molecule has 0 spiro atoms. The Morgan fingerprint density at radius 2 is 2.14 bits per heavy atom. The van der Waals surface area contributed by atoms with E-state index in [0.717, 1.165) is 11.4 Å². The number of esters is 1. The molecule has 21 heavy (non-hydrogen) atoms. The number of ether oxygens (including phenoxy) is 1. The van der Waals surface area contributed by atoms with Crippen molar-refractivity contribution in [3.63, 3.8) is 0 Å². The molecule has 0 aliphatic rings. The third-order valence-corrected chi connectivity index (χ3v) is 2.97. The minimum absolute atomic E-state index is 0.346. The highest BCUT2D eigenvalue weighted by Gasteiger charge is 2.09. The maximum atomic E-state index is 11.7. The minimum atomic E-state index is -0.353. The third kappa shape index (κ3) is 3.95. The molecule has 0 fully saturated rings. The van der Waals surface area contributed by atoms with Crippen LogP contribution in [0, 0.1) is 6.92 Å². The second kappa shape index (κ2) is 6.74. The first-order chi connectivity index (χ1) is 10.1. The van der Waals surface area contributed by atoms with Gasteiger partial charge < -0.3 is 15.8 Å². The Kier molecular flexibility index (Phi) is 4.77. The molecule has 0 unspecified atom stereocenters. The molecular formula is C16H19N3O2. The van der Waals surface area contributed by atoms with Gasteiger partial charge in [-0.2, -0.15) is 0 Å². The smallest absolute Gasteiger partial charge is 0.338 e. The van der Waals surface area contributed by atoms with Crippen LogP contribution in [0.3, 0.4) is 0 Å². The van der Waals surface area contributed by atoms with Crippen molar-refractivity contribution in [2.45, 2.75) is 20.4 Å². The van der Waals surface area contributed by atoms with E-state index in [0.29, 0.717) is 30.1 Å². The fourth-order valence-corrected chi connectivity index (χ4v) is 1.93. The highest BCUT2D eigenvalue weighted by atomic mass is 16.5. The molecule has 5 heteroatoms. The van der Waals surface area contributed by atoms with Crippen molar-refractivity contribution in [3.05, 3.63) is 53.3 Å². The van der Waals surface area contributed by atoms with E-state index in [-0.39, 0.29) is 5.97 Å². The normalized spacial score (nSPS) is 10.2. The van der Waals surface area contributed by atoms with Crippen LogP contribution in [-0.2, 0) is 11.3 Å². The van der Waals surface area contributed by atoms with E-state index in [2.05, 4.69) is 10.3 Å².